The quantitative estimate of drug-likeness (QED) is 0.870. The summed E-state index contributed by atoms with van der Waals surface area (Å²) in [5.41, 5.74) is -1.13. The van der Waals surface area contributed by atoms with Gasteiger partial charge in [-0.1, -0.05) is 30.5 Å². The van der Waals surface area contributed by atoms with Gasteiger partial charge in [-0.05, 0) is 30.5 Å². The molecule has 1 fully saturated rings. The lowest BCUT2D eigenvalue weighted by Gasteiger charge is -2.38. The first kappa shape index (κ1) is 13.3. The number of halogens is 2. The number of hydrogen-bond donors (Lipinski definition) is 2. The number of carbonyl (C=O) groups is 1. The van der Waals surface area contributed by atoms with Crippen LogP contribution >= 0.6 is 11.6 Å². The molecule has 1 aliphatic rings. The number of aliphatic hydroxyl groups excluding tert-OH is 1. The van der Waals surface area contributed by atoms with Crippen LogP contribution in [-0.2, 0) is 10.2 Å². The standard InChI is InChI=1S/C13H14ClFO3/c14-9-5-4-8(7-10(9)15)13(12(17)18)6-2-1-3-11(13)16/h4-5,7,11,16H,1-3,6H2,(H,17,18)/t11-,13-/m0/s1. The molecular formula is C13H14ClFO3. The van der Waals surface area contributed by atoms with E-state index in [-0.39, 0.29) is 10.6 Å². The number of rotatable bonds is 2. The van der Waals surface area contributed by atoms with Gasteiger partial charge in [0.25, 0.3) is 0 Å². The van der Waals surface area contributed by atoms with Crippen molar-refractivity contribution in [3.63, 3.8) is 0 Å². The van der Waals surface area contributed by atoms with Crippen molar-refractivity contribution in [2.75, 3.05) is 0 Å². The molecule has 1 aliphatic carbocycles. The number of aliphatic hydroxyl groups is 1. The highest BCUT2D eigenvalue weighted by Crippen LogP contribution is 2.40. The number of benzene rings is 1. The van der Waals surface area contributed by atoms with Crippen molar-refractivity contribution >= 4 is 17.6 Å². The van der Waals surface area contributed by atoms with Gasteiger partial charge in [-0.3, -0.25) is 4.79 Å². The van der Waals surface area contributed by atoms with E-state index in [1.807, 2.05) is 0 Å². The van der Waals surface area contributed by atoms with Crippen molar-refractivity contribution in [2.24, 2.45) is 0 Å². The van der Waals surface area contributed by atoms with Crippen molar-refractivity contribution in [3.8, 4) is 0 Å². The third-order valence-electron chi connectivity index (χ3n) is 3.68. The lowest BCUT2D eigenvalue weighted by atomic mass is 9.67. The molecule has 0 aromatic heterocycles. The first-order valence-corrected chi connectivity index (χ1v) is 6.23. The summed E-state index contributed by atoms with van der Waals surface area (Å²) in [7, 11) is 0. The lowest BCUT2D eigenvalue weighted by Crippen LogP contribution is -2.48. The van der Waals surface area contributed by atoms with Crippen molar-refractivity contribution in [3.05, 3.63) is 34.6 Å². The largest absolute Gasteiger partial charge is 0.481 e. The summed E-state index contributed by atoms with van der Waals surface area (Å²) in [5, 5.41) is 19.5. The second kappa shape index (κ2) is 4.86. The molecule has 0 unspecified atom stereocenters. The van der Waals surface area contributed by atoms with Gasteiger partial charge >= 0.3 is 5.97 Å². The molecule has 0 amide bonds. The molecule has 0 spiro atoms. The molecule has 0 radical (unpaired) electrons. The van der Waals surface area contributed by atoms with Gasteiger partial charge < -0.3 is 10.2 Å². The van der Waals surface area contributed by atoms with E-state index in [1.54, 1.807) is 0 Å². The third kappa shape index (κ3) is 1.99. The topological polar surface area (TPSA) is 57.5 Å². The molecule has 0 heterocycles. The molecule has 2 atom stereocenters. The average molecular weight is 273 g/mol. The number of carboxylic acids is 1. The van der Waals surface area contributed by atoms with E-state index in [1.165, 1.54) is 12.1 Å². The smallest absolute Gasteiger partial charge is 0.316 e. The number of aliphatic carboxylic acids is 1. The van der Waals surface area contributed by atoms with E-state index in [0.717, 1.165) is 12.5 Å². The summed E-state index contributed by atoms with van der Waals surface area (Å²) in [6.07, 6.45) is 1.21. The summed E-state index contributed by atoms with van der Waals surface area (Å²) in [6, 6.07) is 3.93. The zero-order valence-electron chi connectivity index (χ0n) is 9.70. The molecule has 2 N–H and O–H groups in total. The van der Waals surface area contributed by atoms with Gasteiger partial charge in [0.15, 0.2) is 0 Å². The molecule has 18 heavy (non-hydrogen) atoms. The molecule has 1 aromatic carbocycles. The first-order chi connectivity index (χ1) is 8.48. The predicted octanol–water partition coefficient (Wildman–Crippen LogP) is 2.74. The van der Waals surface area contributed by atoms with Crippen molar-refractivity contribution < 1.29 is 19.4 Å². The van der Waals surface area contributed by atoms with Gasteiger partial charge in [-0.2, -0.15) is 0 Å². The van der Waals surface area contributed by atoms with Crippen molar-refractivity contribution in [1.29, 1.82) is 0 Å². The Kier molecular flexibility index (Phi) is 3.59. The van der Waals surface area contributed by atoms with Crippen LogP contribution in [0.25, 0.3) is 0 Å². The molecule has 3 nitrogen and oxygen atoms in total. The van der Waals surface area contributed by atoms with Crippen LogP contribution in [0.2, 0.25) is 5.02 Å². The van der Waals surface area contributed by atoms with Crippen LogP contribution in [0.15, 0.2) is 18.2 Å². The Morgan fingerprint density at radius 1 is 1.44 bits per heavy atom. The van der Waals surface area contributed by atoms with Crippen LogP contribution in [0.4, 0.5) is 4.39 Å². The minimum absolute atomic E-state index is 0.0513. The average Bonchev–Trinajstić information content (AvgIpc) is 2.33. The summed E-state index contributed by atoms with van der Waals surface area (Å²) in [4.78, 5) is 11.6. The zero-order chi connectivity index (χ0) is 13.3. The number of hydrogen-bond acceptors (Lipinski definition) is 2. The molecule has 0 bridgehead atoms. The minimum atomic E-state index is -1.41. The summed E-state index contributed by atoms with van der Waals surface area (Å²) < 4.78 is 13.5. The Balaban J connectivity index is 2.52. The van der Waals surface area contributed by atoms with Gasteiger partial charge in [-0.25, -0.2) is 4.39 Å². The normalized spacial score (nSPS) is 28.1. The maximum atomic E-state index is 13.5. The maximum Gasteiger partial charge on any atom is 0.316 e. The molecule has 5 heteroatoms. The van der Waals surface area contributed by atoms with Crippen LogP contribution in [-0.4, -0.2) is 22.3 Å². The molecule has 0 aliphatic heterocycles. The highest BCUT2D eigenvalue weighted by atomic mass is 35.5. The Morgan fingerprint density at radius 3 is 2.72 bits per heavy atom. The Labute approximate surface area is 109 Å². The highest BCUT2D eigenvalue weighted by molar-refractivity contribution is 6.30. The van der Waals surface area contributed by atoms with E-state index in [0.29, 0.717) is 19.3 Å². The fraction of sp³-hybridized carbons (Fsp3) is 0.462. The Bertz CT molecular complexity index is 477. The van der Waals surface area contributed by atoms with Crippen molar-refractivity contribution in [2.45, 2.75) is 37.2 Å². The zero-order valence-corrected chi connectivity index (χ0v) is 10.5. The Hall–Kier alpha value is -1.13. The van der Waals surface area contributed by atoms with Crippen LogP contribution in [0.1, 0.15) is 31.2 Å². The SMILES string of the molecule is O=C(O)[C@]1(c2ccc(Cl)c(F)c2)CCCC[C@@H]1O. The van der Waals surface area contributed by atoms with E-state index in [2.05, 4.69) is 0 Å². The molecular weight excluding hydrogens is 259 g/mol. The van der Waals surface area contributed by atoms with E-state index < -0.39 is 23.3 Å². The summed E-state index contributed by atoms with van der Waals surface area (Å²) in [5.74, 6) is -1.77. The first-order valence-electron chi connectivity index (χ1n) is 5.85. The molecule has 2 rings (SSSR count). The van der Waals surface area contributed by atoms with Crippen molar-refractivity contribution in [1.82, 2.24) is 0 Å². The lowest BCUT2D eigenvalue weighted by molar-refractivity contribution is -0.151. The van der Waals surface area contributed by atoms with Crippen LogP contribution in [0.3, 0.4) is 0 Å². The number of carboxylic acid groups (broad SMARTS) is 1. The highest BCUT2D eigenvalue weighted by Gasteiger charge is 2.48. The molecule has 98 valence electrons. The Morgan fingerprint density at radius 2 is 2.17 bits per heavy atom. The third-order valence-corrected chi connectivity index (χ3v) is 3.99. The van der Waals surface area contributed by atoms with Gasteiger partial charge in [0.05, 0.1) is 11.1 Å². The van der Waals surface area contributed by atoms with E-state index in [4.69, 9.17) is 11.6 Å². The van der Waals surface area contributed by atoms with Gasteiger partial charge in [0, 0.05) is 0 Å². The van der Waals surface area contributed by atoms with E-state index >= 15 is 0 Å². The predicted molar refractivity (Wildman–Crippen MR) is 65.2 cm³/mol. The van der Waals surface area contributed by atoms with E-state index in [9.17, 15) is 19.4 Å². The maximum absolute atomic E-state index is 13.5. The van der Waals surface area contributed by atoms with Crippen LogP contribution < -0.4 is 0 Å². The van der Waals surface area contributed by atoms with Gasteiger partial charge in [0.1, 0.15) is 11.2 Å². The van der Waals surface area contributed by atoms with Crippen LogP contribution in [0, 0.1) is 5.82 Å². The molecule has 1 saturated carbocycles. The van der Waals surface area contributed by atoms with Crippen LogP contribution in [0.5, 0.6) is 0 Å². The monoisotopic (exact) mass is 272 g/mol. The van der Waals surface area contributed by atoms with Gasteiger partial charge in [-0.15, -0.1) is 0 Å². The second-order valence-electron chi connectivity index (χ2n) is 4.67. The van der Waals surface area contributed by atoms with Gasteiger partial charge in [0.2, 0.25) is 0 Å². The summed E-state index contributed by atoms with van der Waals surface area (Å²) in [6.45, 7) is 0. The fourth-order valence-electron chi connectivity index (χ4n) is 2.64. The summed E-state index contributed by atoms with van der Waals surface area (Å²) >= 11 is 5.60. The second-order valence-corrected chi connectivity index (χ2v) is 5.07. The molecule has 0 saturated heterocycles. The minimum Gasteiger partial charge on any atom is -0.481 e. The molecule has 1 aromatic rings. The fourth-order valence-corrected chi connectivity index (χ4v) is 2.76.